The van der Waals surface area contributed by atoms with Gasteiger partial charge in [-0.2, -0.15) is 0 Å². The molecule has 4 nitrogen and oxygen atoms in total. The normalized spacial score (nSPS) is 18.9. The number of fused-ring (bicyclic) bond motifs is 1. The monoisotopic (exact) mass is 247 g/mol. The zero-order valence-corrected chi connectivity index (χ0v) is 10.7. The SMILES string of the molecule is c1cc2c(nc1CCOCC1CNC1)NCCC2. The van der Waals surface area contributed by atoms with E-state index >= 15 is 0 Å². The van der Waals surface area contributed by atoms with Crippen molar-refractivity contribution < 1.29 is 4.74 Å². The lowest BCUT2D eigenvalue weighted by Crippen LogP contribution is -2.44. The number of aromatic nitrogens is 1. The van der Waals surface area contributed by atoms with Gasteiger partial charge in [-0.05, 0) is 24.5 Å². The molecule has 18 heavy (non-hydrogen) atoms. The van der Waals surface area contributed by atoms with E-state index in [2.05, 4.69) is 27.8 Å². The summed E-state index contributed by atoms with van der Waals surface area (Å²) in [6.07, 6.45) is 3.28. The number of pyridine rings is 1. The molecule has 0 aromatic carbocycles. The van der Waals surface area contributed by atoms with Crippen LogP contribution in [0.2, 0.25) is 0 Å². The zero-order valence-electron chi connectivity index (χ0n) is 10.7. The van der Waals surface area contributed by atoms with Crippen molar-refractivity contribution in [2.24, 2.45) is 5.92 Å². The molecule has 1 fully saturated rings. The fourth-order valence-electron chi connectivity index (χ4n) is 2.40. The number of anilines is 1. The van der Waals surface area contributed by atoms with Crippen molar-refractivity contribution in [2.45, 2.75) is 19.3 Å². The molecule has 0 unspecified atom stereocenters. The van der Waals surface area contributed by atoms with E-state index in [9.17, 15) is 0 Å². The smallest absolute Gasteiger partial charge is 0.129 e. The number of rotatable bonds is 5. The lowest BCUT2D eigenvalue weighted by atomic mass is 10.1. The van der Waals surface area contributed by atoms with E-state index < -0.39 is 0 Å². The van der Waals surface area contributed by atoms with E-state index in [1.54, 1.807) is 0 Å². The molecular formula is C14H21N3O. The van der Waals surface area contributed by atoms with Crippen LogP contribution in [0.25, 0.3) is 0 Å². The van der Waals surface area contributed by atoms with Gasteiger partial charge in [0.15, 0.2) is 0 Å². The van der Waals surface area contributed by atoms with Crippen LogP contribution in [0.15, 0.2) is 12.1 Å². The van der Waals surface area contributed by atoms with Crippen molar-refractivity contribution in [3.63, 3.8) is 0 Å². The van der Waals surface area contributed by atoms with Crippen molar-refractivity contribution in [1.82, 2.24) is 10.3 Å². The van der Waals surface area contributed by atoms with Gasteiger partial charge in [-0.25, -0.2) is 4.98 Å². The van der Waals surface area contributed by atoms with Crippen molar-refractivity contribution in [2.75, 3.05) is 38.2 Å². The Kier molecular flexibility index (Phi) is 3.76. The van der Waals surface area contributed by atoms with Crippen LogP contribution in [0.1, 0.15) is 17.7 Å². The fourth-order valence-corrected chi connectivity index (χ4v) is 2.40. The highest BCUT2D eigenvalue weighted by Gasteiger charge is 2.16. The van der Waals surface area contributed by atoms with E-state index in [1.807, 2.05) is 0 Å². The summed E-state index contributed by atoms with van der Waals surface area (Å²) < 4.78 is 5.69. The molecule has 0 aliphatic carbocycles. The first kappa shape index (κ1) is 11.9. The van der Waals surface area contributed by atoms with E-state index in [4.69, 9.17) is 4.74 Å². The maximum absolute atomic E-state index is 5.69. The Hall–Kier alpha value is -1.13. The average Bonchev–Trinajstić information content (AvgIpc) is 2.36. The maximum atomic E-state index is 5.69. The molecular weight excluding hydrogens is 226 g/mol. The van der Waals surface area contributed by atoms with Crippen LogP contribution >= 0.6 is 0 Å². The quantitative estimate of drug-likeness (QED) is 0.768. The topological polar surface area (TPSA) is 46.2 Å². The Labute approximate surface area is 108 Å². The van der Waals surface area contributed by atoms with Gasteiger partial charge < -0.3 is 15.4 Å². The van der Waals surface area contributed by atoms with Crippen LogP contribution in [-0.2, 0) is 17.6 Å². The van der Waals surface area contributed by atoms with Crippen LogP contribution in [0.3, 0.4) is 0 Å². The van der Waals surface area contributed by atoms with Gasteiger partial charge in [0.05, 0.1) is 13.2 Å². The second kappa shape index (κ2) is 5.67. The van der Waals surface area contributed by atoms with Crippen molar-refractivity contribution >= 4 is 5.82 Å². The summed E-state index contributed by atoms with van der Waals surface area (Å²) in [5.74, 6) is 1.81. The van der Waals surface area contributed by atoms with E-state index in [1.165, 1.54) is 12.0 Å². The second-order valence-corrected chi connectivity index (χ2v) is 5.19. The standard InChI is InChI=1S/C14H21N3O/c1-2-12-3-4-13(17-14(12)16-6-1)5-7-18-10-11-8-15-9-11/h3-4,11,15H,1-2,5-10H2,(H,16,17). The summed E-state index contributed by atoms with van der Waals surface area (Å²) in [4.78, 5) is 4.66. The van der Waals surface area contributed by atoms with Gasteiger partial charge in [-0.1, -0.05) is 6.07 Å². The zero-order chi connectivity index (χ0) is 12.2. The minimum atomic E-state index is 0.725. The molecule has 0 radical (unpaired) electrons. The highest BCUT2D eigenvalue weighted by atomic mass is 16.5. The lowest BCUT2D eigenvalue weighted by molar-refractivity contribution is 0.0818. The highest BCUT2D eigenvalue weighted by molar-refractivity contribution is 5.46. The first-order chi connectivity index (χ1) is 8.92. The average molecular weight is 247 g/mol. The Morgan fingerprint density at radius 3 is 3.11 bits per heavy atom. The third-order valence-corrected chi connectivity index (χ3v) is 3.67. The van der Waals surface area contributed by atoms with Crippen LogP contribution < -0.4 is 10.6 Å². The largest absolute Gasteiger partial charge is 0.381 e. The van der Waals surface area contributed by atoms with Crippen LogP contribution in [0.5, 0.6) is 0 Å². The van der Waals surface area contributed by atoms with Gasteiger partial charge in [-0.15, -0.1) is 0 Å². The first-order valence-corrected chi connectivity index (χ1v) is 6.93. The van der Waals surface area contributed by atoms with Gasteiger partial charge in [0.1, 0.15) is 5.82 Å². The third-order valence-electron chi connectivity index (χ3n) is 3.67. The van der Waals surface area contributed by atoms with E-state index in [0.717, 1.165) is 63.1 Å². The first-order valence-electron chi connectivity index (χ1n) is 6.93. The molecule has 0 amide bonds. The summed E-state index contributed by atoms with van der Waals surface area (Å²) in [5.41, 5.74) is 2.49. The van der Waals surface area contributed by atoms with E-state index in [0.29, 0.717) is 0 Å². The predicted molar refractivity (Wildman–Crippen MR) is 71.9 cm³/mol. The van der Waals surface area contributed by atoms with Gasteiger partial charge in [0.2, 0.25) is 0 Å². The van der Waals surface area contributed by atoms with Crippen LogP contribution in [0, 0.1) is 5.92 Å². The van der Waals surface area contributed by atoms with E-state index in [-0.39, 0.29) is 0 Å². The van der Waals surface area contributed by atoms with Crippen molar-refractivity contribution in [3.05, 3.63) is 23.4 Å². The summed E-state index contributed by atoms with van der Waals surface area (Å²) >= 11 is 0. The van der Waals surface area contributed by atoms with Crippen LogP contribution in [0.4, 0.5) is 5.82 Å². The minimum absolute atomic E-state index is 0.725. The molecule has 0 atom stereocenters. The number of aryl methyl sites for hydroxylation is 1. The van der Waals surface area contributed by atoms with Gasteiger partial charge in [-0.3, -0.25) is 0 Å². The Balaban J connectivity index is 1.46. The summed E-state index contributed by atoms with van der Waals surface area (Å²) in [6.45, 7) is 4.94. The molecule has 1 aromatic rings. The Morgan fingerprint density at radius 2 is 2.28 bits per heavy atom. The number of ether oxygens (including phenoxy) is 1. The number of nitrogens with one attached hydrogen (secondary N) is 2. The van der Waals surface area contributed by atoms with Crippen molar-refractivity contribution in [1.29, 1.82) is 0 Å². The maximum Gasteiger partial charge on any atom is 0.129 e. The van der Waals surface area contributed by atoms with Crippen LogP contribution in [-0.4, -0.2) is 37.8 Å². The minimum Gasteiger partial charge on any atom is -0.381 e. The molecule has 4 heteroatoms. The molecule has 3 rings (SSSR count). The second-order valence-electron chi connectivity index (χ2n) is 5.19. The van der Waals surface area contributed by atoms with Gasteiger partial charge >= 0.3 is 0 Å². The fraction of sp³-hybridized carbons (Fsp3) is 0.643. The molecule has 1 aromatic heterocycles. The summed E-state index contributed by atoms with van der Waals surface area (Å²) in [7, 11) is 0. The molecule has 2 aliphatic heterocycles. The molecule has 2 aliphatic rings. The molecule has 1 saturated heterocycles. The molecule has 0 bridgehead atoms. The summed E-state index contributed by atoms with van der Waals surface area (Å²) in [6, 6.07) is 4.35. The number of hydrogen-bond acceptors (Lipinski definition) is 4. The Morgan fingerprint density at radius 1 is 1.33 bits per heavy atom. The third kappa shape index (κ3) is 2.82. The molecule has 0 saturated carbocycles. The van der Waals surface area contributed by atoms with Gasteiger partial charge in [0, 0.05) is 37.7 Å². The lowest BCUT2D eigenvalue weighted by Gasteiger charge is -2.26. The molecule has 2 N–H and O–H groups in total. The number of hydrogen-bond donors (Lipinski definition) is 2. The predicted octanol–water partition coefficient (Wildman–Crippen LogP) is 1.22. The Bertz CT molecular complexity index is 404. The molecule has 98 valence electrons. The molecule has 0 spiro atoms. The summed E-state index contributed by atoms with van der Waals surface area (Å²) in [5, 5.41) is 6.62. The highest BCUT2D eigenvalue weighted by Crippen LogP contribution is 2.19. The van der Waals surface area contributed by atoms with Crippen molar-refractivity contribution in [3.8, 4) is 0 Å². The number of nitrogens with zero attached hydrogens (tertiary/aromatic N) is 1. The van der Waals surface area contributed by atoms with Gasteiger partial charge in [0.25, 0.3) is 0 Å². The molecule has 3 heterocycles.